The molecule has 0 bridgehead atoms. The van der Waals surface area contributed by atoms with Crippen LogP contribution in [0.4, 0.5) is 0 Å². The molecule has 1 saturated heterocycles. The normalized spacial score (nSPS) is 35.3. The fourth-order valence-corrected chi connectivity index (χ4v) is 1.05. The van der Waals surface area contributed by atoms with Crippen LogP contribution in [0.3, 0.4) is 0 Å². The van der Waals surface area contributed by atoms with Crippen LogP contribution in [0.15, 0.2) is 0 Å². The van der Waals surface area contributed by atoms with E-state index < -0.39 is 0 Å². The van der Waals surface area contributed by atoms with Crippen molar-refractivity contribution in [3.63, 3.8) is 0 Å². The molecule has 0 aromatic carbocycles. The van der Waals surface area contributed by atoms with Crippen molar-refractivity contribution in [3.8, 4) is 0 Å². The van der Waals surface area contributed by atoms with Crippen molar-refractivity contribution in [2.45, 2.75) is 12.7 Å². The van der Waals surface area contributed by atoms with E-state index in [4.69, 9.17) is 14.6 Å². The van der Waals surface area contributed by atoms with Gasteiger partial charge >= 0.3 is 0 Å². The first-order valence-electron chi connectivity index (χ1n) is 3.13. The molecule has 2 atom stereocenters. The molecular formula is C6H12O3. The maximum Gasteiger partial charge on any atom is 0.162 e. The minimum absolute atomic E-state index is 0.165. The summed E-state index contributed by atoms with van der Waals surface area (Å²) in [7, 11) is 1.60. The van der Waals surface area contributed by atoms with Gasteiger partial charge < -0.3 is 14.6 Å². The maximum atomic E-state index is 8.71. The fraction of sp³-hybridized carbons (Fsp3) is 1.00. The lowest BCUT2D eigenvalue weighted by Gasteiger charge is -2.12. The highest BCUT2D eigenvalue weighted by molar-refractivity contribution is 4.67. The summed E-state index contributed by atoms with van der Waals surface area (Å²) in [4.78, 5) is 0. The molecule has 1 aliphatic heterocycles. The predicted molar refractivity (Wildman–Crippen MR) is 31.9 cm³/mol. The minimum atomic E-state index is -0.171. The van der Waals surface area contributed by atoms with Crippen LogP contribution in [-0.2, 0) is 9.47 Å². The van der Waals surface area contributed by atoms with E-state index in [2.05, 4.69) is 0 Å². The topological polar surface area (TPSA) is 38.7 Å². The van der Waals surface area contributed by atoms with Gasteiger partial charge in [0.15, 0.2) is 6.29 Å². The first-order chi connectivity index (χ1) is 4.38. The summed E-state index contributed by atoms with van der Waals surface area (Å²) in [5.41, 5.74) is 0. The van der Waals surface area contributed by atoms with Crippen molar-refractivity contribution in [3.05, 3.63) is 0 Å². The van der Waals surface area contributed by atoms with E-state index in [1.54, 1.807) is 7.11 Å². The second kappa shape index (κ2) is 3.15. The van der Waals surface area contributed by atoms with Gasteiger partial charge in [0.2, 0.25) is 0 Å². The molecule has 0 aliphatic carbocycles. The third kappa shape index (κ3) is 1.41. The molecule has 1 aliphatic rings. The number of aliphatic hydroxyl groups excluding tert-OH is 1. The van der Waals surface area contributed by atoms with Gasteiger partial charge in [-0.25, -0.2) is 0 Å². The van der Waals surface area contributed by atoms with Gasteiger partial charge in [-0.3, -0.25) is 0 Å². The Morgan fingerprint density at radius 3 is 3.00 bits per heavy atom. The molecule has 1 fully saturated rings. The molecule has 3 nitrogen and oxygen atoms in total. The summed E-state index contributed by atoms with van der Waals surface area (Å²) in [5.74, 6) is 0.190. The van der Waals surface area contributed by atoms with Crippen LogP contribution in [0.5, 0.6) is 0 Å². The van der Waals surface area contributed by atoms with Crippen molar-refractivity contribution in [1.82, 2.24) is 0 Å². The van der Waals surface area contributed by atoms with Crippen molar-refractivity contribution >= 4 is 0 Å². The predicted octanol–water partition coefficient (Wildman–Crippen LogP) is -0.0123. The SMILES string of the molecule is CO[C@@H]1OCC[C@H]1CO. The smallest absolute Gasteiger partial charge is 0.162 e. The average Bonchev–Trinajstić information content (AvgIpc) is 2.33. The maximum absolute atomic E-state index is 8.71. The van der Waals surface area contributed by atoms with Crippen LogP contribution < -0.4 is 0 Å². The van der Waals surface area contributed by atoms with Crippen LogP contribution in [-0.4, -0.2) is 31.7 Å². The molecule has 0 amide bonds. The molecule has 0 radical (unpaired) electrons. The van der Waals surface area contributed by atoms with Crippen LogP contribution >= 0.6 is 0 Å². The van der Waals surface area contributed by atoms with E-state index in [-0.39, 0.29) is 18.8 Å². The van der Waals surface area contributed by atoms with Gasteiger partial charge in [-0.2, -0.15) is 0 Å². The minimum Gasteiger partial charge on any atom is -0.396 e. The Morgan fingerprint density at radius 1 is 1.78 bits per heavy atom. The van der Waals surface area contributed by atoms with Gasteiger partial charge in [0, 0.05) is 13.0 Å². The second-order valence-electron chi connectivity index (χ2n) is 2.21. The Bertz CT molecular complexity index is 74.4. The van der Waals surface area contributed by atoms with E-state index in [0.29, 0.717) is 6.61 Å². The van der Waals surface area contributed by atoms with E-state index in [9.17, 15) is 0 Å². The van der Waals surface area contributed by atoms with Crippen molar-refractivity contribution in [2.75, 3.05) is 20.3 Å². The van der Waals surface area contributed by atoms with Crippen LogP contribution in [0.2, 0.25) is 0 Å². The molecule has 9 heavy (non-hydrogen) atoms. The van der Waals surface area contributed by atoms with E-state index >= 15 is 0 Å². The molecule has 0 spiro atoms. The van der Waals surface area contributed by atoms with Crippen LogP contribution in [0.1, 0.15) is 6.42 Å². The lowest BCUT2D eigenvalue weighted by Crippen LogP contribution is -2.20. The number of aliphatic hydroxyl groups is 1. The summed E-state index contributed by atoms with van der Waals surface area (Å²) in [6, 6.07) is 0. The van der Waals surface area contributed by atoms with Gasteiger partial charge in [-0.1, -0.05) is 0 Å². The monoisotopic (exact) mass is 132 g/mol. The Morgan fingerprint density at radius 2 is 2.56 bits per heavy atom. The first kappa shape index (κ1) is 6.99. The van der Waals surface area contributed by atoms with Gasteiger partial charge in [0.05, 0.1) is 13.2 Å². The van der Waals surface area contributed by atoms with Crippen LogP contribution in [0.25, 0.3) is 0 Å². The Balaban J connectivity index is 2.32. The highest BCUT2D eigenvalue weighted by Crippen LogP contribution is 2.19. The van der Waals surface area contributed by atoms with Gasteiger partial charge in [0.25, 0.3) is 0 Å². The number of hydrogen-bond donors (Lipinski definition) is 1. The van der Waals surface area contributed by atoms with E-state index in [0.717, 1.165) is 6.42 Å². The average molecular weight is 132 g/mol. The third-order valence-corrected chi connectivity index (χ3v) is 1.62. The molecule has 0 aromatic heterocycles. The summed E-state index contributed by atoms with van der Waals surface area (Å²) in [6.07, 6.45) is 0.740. The highest BCUT2D eigenvalue weighted by Gasteiger charge is 2.26. The van der Waals surface area contributed by atoms with Gasteiger partial charge in [-0.15, -0.1) is 0 Å². The quantitative estimate of drug-likeness (QED) is 0.574. The van der Waals surface area contributed by atoms with Crippen molar-refractivity contribution < 1.29 is 14.6 Å². The summed E-state index contributed by atoms with van der Waals surface area (Å²) >= 11 is 0. The van der Waals surface area contributed by atoms with Gasteiger partial charge in [0.1, 0.15) is 0 Å². The molecule has 1 heterocycles. The molecule has 0 saturated carbocycles. The van der Waals surface area contributed by atoms with E-state index in [1.165, 1.54) is 0 Å². The Hall–Kier alpha value is -0.120. The first-order valence-corrected chi connectivity index (χ1v) is 3.13. The van der Waals surface area contributed by atoms with Gasteiger partial charge in [-0.05, 0) is 6.42 Å². The van der Waals surface area contributed by atoms with Crippen molar-refractivity contribution in [2.24, 2.45) is 5.92 Å². The number of methoxy groups -OCH3 is 1. The van der Waals surface area contributed by atoms with Crippen molar-refractivity contribution in [1.29, 1.82) is 0 Å². The zero-order chi connectivity index (χ0) is 6.69. The number of hydrogen-bond acceptors (Lipinski definition) is 3. The summed E-state index contributed by atoms with van der Waals surface area (Å²) in [6.45, 7) is 0.877. The lowest BCUT2D eigenvalue weighted by atomic mass is 10.1. The lowest BCUT2D eigenvalue weighted by molar-refractivity contribution is -0.116. The molecule has 1 rings (SSSR count). The van der Waals surface area contributed by atoms with E-state index in [1.807, 2.05) is 0 Å². The zero-order valence-electron chi connectivity index (χ0n) is 5.54. The number of ether oxygens (including phenoxy) is 2. The fourth-order valence-electron chi connectivity index (χ4n) is 1.05. The molecule has 3 heteroatoms. The summed E-state index contributed by atoms with van der Waals surface area (Å²) in [5, 5.41) is 8.71. The summed E-state index contributed by atoms with van der Waals surface area (Å²) < 4.78 is 10.1. The standard InChI is InChI=1S/C6H12O3/c1-8-6-5(4-7)2-3-9-6/h5-7H,2-4H2,1H3/t5-,6+/m0/s1. The molecular weight excluding hydrogens is 120 g/mol. The van der Waals surface area contributed by atoms with Crippen LogP contribution in [0, 0.1) is 5.92 Å². The number of rotatable bonds is 2. The molecule has 0 unspecified atom stereocenters. The Labute approximate surface area is 54.6 Å². The second-order valence-corrected chi connectivity index (χ2v) is 2.21. The third-order valence-electron chi connectivity index (χ3n) is 1.62. The molecule has 0 aromatic rings. The Kier molecular flexibility index (Phi) is 2.45. The highest BCUT2D eigenvalue weighted by atomic mass is 16.7. The zero-order valence-corrected chi connectivity index (χ0v) is 5.54. The molecule has 54 valence electrons. The largest absolute Gasteiger partial charge is 0.396 e. The molecule has 1 N–H and O–H groups in total.